The SMILES string of the molecule is CN(Cc1ccco1)c1ncc(N)cc1C(N)=O. The number of carbonyl (C=O) groups is 1. The second-order valence-corrected chi connectivity index (χ2v) is 3.94. The molecule has 0 spiro atoms. The zero-order chi connectivity index (χ0) is 13.1. The van der Waals surface area contributed by atoms with Crippen LogP contribution in [0.1, 0.15) is 16.1 Å². The van der Waals surface area contributed by atoms with Gasteiger partial charge in [-0.05, 0) is 18.2 Å². The molecule has 6 nitrogen and oxygen atoms in total. The van der Waals surface area contributed by atoms with E-state index >= 15 is 0 Å². The molecule has 0 aliphatic carbocycles. The molecule has 0 unspecified atom stereocenters. The number of nitrogens with zero attached hydrogens (tertiary/aromatic N) is 2. The average Bonchev–Trinajstić information content (AvgIpc) is 2.81. The van der Waals surface area contributed by atoms with Gasteiger partial charge in [0.25, 0.3) is 5.91 Å². The van der Waals surface area contributed by atoms with Crippen molar-refractivity contribution in [3.05, 3.63) is 42.0 Å². The molecule has 0 bridgehead atoms. The number of furan rings is 1. The Kier molecular flexibility index (Phi) is 3.18. The molecule has 0 aromatic carbocycles. The summed E-state index contributed by atoms with van der Waals surface area (Å²) in [7, 11) is 1.80. The fourth-order valence-corrected chi connectivity index (χ4v) is 1.67. The molecular weight excluding hydrogens is 232 g/mol. The van der Waals surface area contributed by atoms with Crippen LogP contribution in [0.3, 0.4) is 0 Å². The Morgan fingerprint density at radius 3 is 2.94 bits per heavy atom. The molecule has 2 aromatic heterocycles. The van der Waals surface area contributed by atoms with E-state index in [1.807, 2.05) is 6.07 Å². The second-order valence-electron chi connectivity index (χ2n) is 3.94. The first-order chi connectivity index (χ1) is 8.58. The van der Waals surface area contributed by atoms with Gasteiger partial charge in [-0.2, -0.15) is 0 Å². The highest BCUT2D eigenvalue weighted by Gasteiger charge is 2.15. The highest BCUT2D eigenvalue weighted by molar-refractivity contribution is 5.98. The molecular formula is C12H14N4O2. The molecule has 0 fully saturated rings. The Bertz CT molecular complexity index is 551. The molecule has 1 amide bonds. The monoisotopic (exact) mass is 246 g/mol. The fourth-order valence-electron chi connectivity index (χ4n) is 1.67. The molecule has 6 heteroatoms. The third-order valence-corrected chi connectivity index (χ3v) is 2.49. The standard InChI is InChI=1S/C12H14N4O2/c1-16(7-9-3-2-4-18-9)12-10(11(14)17)5-8(13)6-15-12/h2-6H,7,13H2,1H3,(H2,14,17). The van der Waals surface area contributed by atoms with Gasteiger partial charge >= 0.3 is 0 Å². The summed E-state index contributed by atoms with van der Waals surface area (Å²) in [6.45, 7) is 0.490. The quantitative estimate of drug-likeness (QED) is 0.838. The third-order valence-electron chi connectivity index (χ3n) is 2.49. The zero-order valence-corrected chi connectivity index (χ0v) is 9.96. The first-order valence-corrected chi connectivity index (χ1v) is 5.37. The number of primary amides is 1. The van der Waals surface area contributed by atoms with Gasteiger partial charge in [0.1, 0.15) is 11.6 Å². The van der Waals surface area contributed by atoms with Crippen LogP contribution in [0.5, 0.6) is 0 Å². The molecule has 2 heterocycles. The van der Waals surface area contributed by atoms with Gasteiger partial charge in [-0.15, -0.1) is 0 Å². The molecule has 0 atom stereocenters. The van der Waals surface area contributed by atoms with Gasteiger partial charge < -0.3 is 20.8 Å². The maximum absolute atomic E-state index is 11.4. The van der Waals surface area contributed by atoms with E-state index in [4.69, 9.17) is 15.9 Å². The van der Waals surface area contributed by atoms with E-state index in [2.05, 4.69) is 4.98 Å². The summed E-state index contributed by atoms with van der Waals surface area (Å²) < 4.78 is 5.24. The van der Waals surface area contributed by atoms with Crippen LogP contribution in [0, 0.1) is 0 Å². The minimum absolute atomic E-state index is 0.295. The zero-order valence-electron chi connectivity index (χ0n) is 9.96. The number of anilines is 2. The summed E-state index contributed by atoms with van der Waals surface area (Å²) in [6.07, 6.45) is 3.08. The van der Waals surface area contributed by atoms with Crippen molar-refractivity contribution in [2.45, 2.75) is 6.54 Å². The lowest BCUT2D eigenvalue weighted by molar-refractivity contribution is 0.100. The lowest BCUT2D eigenvalue weighted by atomic mass is 10.2. The van der Waals surface area contributed by atoms with E-state index in [1.54, 1.807) is 24.3 Å². The highest BCUT2D eigenvalue weighted by atomic mass is 16.3. The number of nitrogens with two attached hydrogens (primary N) is 2. The summed E-state index contributed by atoms with van der Waals surface area (Å²) >= 11 is 0. The van der Waals surface area contributed by atoms with Crippen molar-refractivity contribution in [3.8, 4) is 0 Å². The first-order valence-electron chi connectivity index (χ1n) is 5.37. The van der Waals surface area contributed by atoms with Gasteiger partial charge in [0.05, 0.1) is 30.3 Å². The summed E-state index contributed by atoms with van der Waals surface area (Å²) in [5.74, 6) is 0.691. The predicted molar refractivity (Wildman–Crippen MR) is 68.0 cm³/mol. The number of amides is 1. The fraction of sp³-hybridized carbons (Fsp3) is 0.167. The van der Waals surface area contributed by atoms with Crippen LogP contribution in [0.4, 0.5) is 11.5 Å². The van der Waals surface area contributed by atoms with E-state index in [0.29, 0.717) is 23.6 Å². The van der Waals surface area contributed by atoms with Crippen LogP contribution in [0.2, 0.25) is 0 Å². The van der Waals surface area contributed by atoms with Crippen molar-refractivity contribution in [1.29, 1.82) is 0 Å². The minimum Gasteiger partial charge on any atom is -0.467 e. The second kappa shape index (κ2) is 4.79. The Balaban J connectivity index is 2.29. The summed E-state index contributed by atoms with van der Waals surface area (Å²) in [5.41, 5.74) is 11.6. The molecule has 0 radical (unpaired) electrons. The van der Waals surface area contributed by atoms with E-state index in [-0.39, 0.29) is 0 Å². The number of hydrogen-bond acceptors (Lipinski definition) is 5. The van der Waals surface area contributed by atoms with Crippen molar-refractivity contribution in [3.63, 3.8) is 0 Å². The van der Waals surface area contributed by atoms with Gasteiger partial charge in [-0.25, -0.2) is 4.98 Å². The molecule has 2 aromatic rings. The Morgan fingerprint density at radius 2 is 2.33 bits per heavy atom. The van der Waals surface area contributed by atoms with Crippen molar-refractivity contribution in [2.24, 2.45) is 5.73 Å². The number of hydrogen-bond donors (Lipinski definition) is 2. The number of rotatable bonds is 4. The first kappa shape index (κ1) is 12.0. The van der Waals surface area contributed by atoms with Crippen molar-refractivity contribution in [1.82, 2.24) is 4.98 Å². The van der Waals surface area contributed by atoms with Crippen molar-refractivity contribution in [2.75, 3.05) is 17.7 Å². The van der Waals surface area contributed by atoms with Crippen LogP contribution in [0.15, 0.2) is 35.1 Å². The number of carbonyl (C=O) groups excluding carboxylic acids is 1. The number of pyridine rings is 1. The summed E-state index contributed by atoms with van der Waals surface area (Å²) in [6, 6.07) is 5.16. The van der Waals surface area contributed by atoms with Crippen LogP contribution in [-0.2, 0) is 6.54 Å². The van der Waals surface area contributed by atoms with E-state index < -0.39 is 5.91 Å². The molecule has 0 aliphatic rings. The van der Waals surface area contributed by atoms with E-state index in [1.165, 1.54) is 12.3 Å². The summed E-state index contributed by atoms with van der Waals surface area (Å²) in [4.78, 5) is 17.3. The smallest absolute Gasteiger partial charge is 0.252 e. The van der Waals surface area contributed by atoms with Crippen LogP contribution in [0.25, 0.3) is 0 Å². The lowest BCUT2D eigenvalue weighted by Gasteiger charge is -2.19. The van der Waals surface area contributed by atoms with Crippen molar-refractivity contribution < 1.29 is 9.21 Å². The number of nitrogen functional groups attached to an aromatic ring is 1. The van der Waals surface area contributed by atoms with Crippen LogP contribution < -0.4 is 16.4 Å². The third kappa shape index (κ3) is 2.42. The lowest BCUT2D eigenvalue weighted by Crippen LogP contribution is -2.23. The topological polar surface area (TPSA) is 98.4 Å². The average molecular weight is 246 g/mol. The minimum atomic E-state index is -0.559. The van der Waals surface area contributed by atoms with Gasteiger partial charge in [0.2, 0.25) is 0 Å². The Hall–Kier alpha value is -2.50. The molecule has 0 saturated heterocycles. The van der Waals surface area contributed by atoms with E-state index in [0.717, 1.165) is 5.76 Å². The molecule has 94 valence electrons. The van der Waals surface area contributed by atoms with Crippen molar-refractivity contribution >= 4 is 17.4 Å². The van der Waals surface area contributed by atoms with Crippen LogP contribution >= 0.6 is 0 Å². The molecule has 0 saturated carbocycles. The van der Waals surface area contributed by atoms with Gasteiger partial charge in [0, 0.05) is 7.05 Å². The maximum Gasteiger partial charge on any atom is 0.252 e. The molecule has 4 N–H and O–H groups in total. The van der Waals surface area contributed by atoms with Gasteiger partial charge in [-0.1, -0.05) is 0 Å². The van der Waals surface area contributed by atoms with Gasteiger partial charge in [-0.3, -0.25) is 4.79 Å². The predicted octanol–water partition coefficient (Wildman–Crippen LogP) is 0.992. The largest absolute Gasteiger partial charge is 0.467 e. The van der Waals surface area contributed by atoms with Gasteiger partial charge in [0.15, 0.2) is 0 Å². The Morgan fingerprint density at radius 1 is 1.56 bits per heavy atom. The maximum atomic E-state index is 11.4. The normalized spacial score (nSPS) is 10.3. The Labute approximate surface area is 104 Å². The molecule has 2 rings (SSSR count). The molecule has 18 heavy (non-hydrogen) atoms. The van der Waals surface area contributed by atoms with E-state index in [9.17, 15) is 4.79 Å². The highest BCUT2D eigenvalue weighted by Crippen LogP contribution is 2.20. The number of aromatic nitrogens is 1. The molecule has 0 aliphatic heterocycles. The summed E-state index contributed by atoms with van der Waals surface area (Å²) in [5, 5.41) is 0. The van der Waals surface area contributed by atoms with Crippen LogP contribution in [-0.4, -0.2) is 17.9 Å².